The minimum Gasteiger partial charge on any atom is -0.377 e. The van der Waals surface area contributed by atoms with Crippen LogP contribution < -0.4 is 10.6 Å². The summed E-state index contributed by atoms with van der Waals surface area (Å²) in [5.41, 5.74) is 0. The third kappa shape index (κ3) is 6.62. The van der Waals surface area contributed by atoms with Crippen LogP contribution in [-0.2, 0) is 13.3 Å². The Hall–Kier alpha value is -0.633. The SMILES string of the molecule is CCCNC(=O)NCCC[Si](OC)(OC)OC. The Morgan fingerprint density at radius 2 is 1.59 bits per heavy atom. The third-order valence-electron chi connectivity index (χ3n) is 2.41. The van der Waals surface area contributed by atoms with Gasteiger partial charge < -0.3 is 23.9 Å². The van der Waals surface area contributed by atoms with Crippen LogP contribution in [0.2, 0.25) is 6.04 Å². The van der Waals surface area contributed by atoms with E-state index in [4.69, 9.17) is 13.3 Å². The molecule has 0 spiro atoms. The highest BCUT2D eigenvalue weighted by molar-refractivity contribution is 6.60. The van der Waals surface area contributed by atoms with E-state index in [1.165, 1.54) is 0 Å². The van der Waals surface area contributed by atoms with E-state index in [0.717, 1.165) is 12.8 Å². The number of rotatable bonds is 9. The van der Waals surface area contributed by atoms with Crippen molar-refractivity contribution in [3.8, 4) is 0 Å². The zero-order valence-electron chi connectivity index (χ0n) is 11.2. The fourth-order valence-corrected chi connectivity index (χ4v) is 3.09. The molecule has 0 aliphatic rings. The first-order valence-electron chi connectivity index (χ1n) is 5.81. The van der Waals surface area contributed by atoms with Crippen molar-refractivity contribution >= 4 is 14.8 Å². The molecule has 0 saturated carbocycles. The van der Waals surface area contributed by atoms with Crippen LogP contribution in [0.25, 0.3) is 0 Å². The van der Waals surface area contributed by atoms with Crippen molar-refractivity contribution in [1.29, 1.82) is 0 Å². The first-order valence-corrected chi connectivity index (χ1v) is 7.74. The second kappa shape index (κ2) is 9.40. The fourth-order valence-electron chi connectivity index (χ4n) is 1.36. The number of carbonyl (C=O) groups excluding carboxylic acids is 1. The van der Waals surface area contributed by atoms with Gasteiger partial charge >= 0.3 is 14.8 Å². The Balaban J connectivity index is 3.71. The molecular formula is C10H24N2O4Si. The third-order valence-corrected chi connectivity index (χ3v) is 5.25. The van der Waals surface area contributed by atoms with Gasteiger partial charge in [0.05, 0.1) is 0 Å². The van der Waals surface area contributed by atoms with E-state index in [1.54, 1.807) is 21.3 Å². The van der Waals surface area contributed by atoms with Crippen molar-refractivity contribution in [2.45, 2.75) is 25.8 Å². The highest BCUT2D eigenvalue weighted by Gasteiger charge is 2.36. The molecule has 0 bridgehead atoms. The molecule has 0 aromatic rings. The molecule has 0 aromatic carbocycles. The molecule has 0 heterocycles. The lowest BCUT2D eigenvalue weighted by atomic mass is 10.5. The number of carbonyl (C=O) groups is 1. The molecule has 0 aliphatic heterocycles. The molecule has 0 rings (SSSR count). The molecule has 2 amide bonds. The molecule has 102 valence electrons. The highest BCUT2D eigenvalue weighted by atomic mass is 28.4. The molecule has 0 aromatic heterocycles. The first-order chi connectivity index (χ1) is 8.14. The summed E-state index contributed by atoms with van der Waals surface area (Å²) >= 11 is 0. The molecular weight excluding hydrogens is 240 g/mol. The van der Waals surface area contributed by atoms with Gasteiger partial charge in [0.15, 0.2) is 0 Å². The van der Waals surface area contributed by atoms with Crippen LogP contribution in [0.1, 0.15) is 19.8 Å². The molecule has 6 nitrogen and oxygen atoms in total. The average Bonchev–Trinajstić information content (AvgIpc) is 2.37. The molecule has 0 saturated heterocycles. The van der Waals surface area contributed by atoms with Crippen molar-refractivity contribution in [2.75, 3.05) is 34.4 Å². The van der Waals surface area contributed by atoms with Crippen LogP contribution in [0.15, 0.2) is 0 Å². The largest absolute Gasteiger partial charge is 0.500 e. The zero-order valence-corrected chi connectivity index (χ0v) is 12.2. The lowest BCUT2D eigenvalue weighted by molar-refractivity contribution is 0.123. The van der Waals surface area contributed by atoms with Gasteiger partial charge in [-0.15, -0.1) is 0 Å². The van der Waals surface area contributed by atoms with E-state index in [0.29, 0.717) is 19.1 Å². The molecule has 0 radical (unpaired) electrons. The highest BCUT2D eigenvalue weighted by Crippen LogP contribution is 2.14. The Morgan fingerprint density at radius 3 is 2.06 bits per heavy atom. The van der Waals surface area contributed by atoms with Crippen molar-refractivity contribution in [1.82, 2.24) is 10.6 Å². The summed E-state index contributed by atoms with van der Waals surface area (Å²) in [6.07, 6.45) is 1.70. The number of amides is 2. The number of hydrogen-bond acceptors (Lipinski definition) is 4. The van der Waals surface area contributed by atoms with Crippen LogP contribution in [-0.4, -0.2) is 49.3 Å². The molecule has 0 atom stereocenters. The molecule has 0 fully saturated rings. The number of nitrogens with one attached hydrogen (secondary N) is 2. The zero-order chi connectivity index (χ0) is 13.1. The summed E-state index contributed by atoms with van der Waals surface area (Å²) in [7, 11) is 2.27. The summed E-state index contributed by atoms with van der Waals surface area (Å²) in [6.45, 7) is 3.29. The van der Waals surface area contributed by atoms with Crippen molar-refractivity contribution < 1.29 is 18.1 Å². The van der Waals surface area contributed by atoms with Gasteiger partial charge in [-0.2, -0.15) is 0 Å². The van der Waals surface area contributed by atoms with Crippen molar-refractivity contribution in [2.24, 2.45) is 0 Å². The molecule has 0 unspecified atom stereocenters. The second-order valence-corrected chi connectivity index (χ2v) is 6.67. The topological polar surface area (TPSA) is 68.8 Å². The van der Waals surface area contributed by atoms with Gasteiger partial charge in [-0.1, -0.05) is 6.92 Å². The average molecular weight is 264 g/mol. The van der Waals surface area contributed by atoms with E-state index in [1.807, 2.05) is 6.92 Å². The Kier molecular flexibility index (Phi) is 9.05. The summed E-state index contributed by atoms with van der Waals surface area (Å²) in [6, 6.07) is 0.552. The smallest absolute Gasteiger partial charge is 0.377 e. The molecule has 7 heteroatoms. The van der Waals surface area contributed by atoms with Gasteiger partial charge in [-0.25, -0.2) is 4.79 Å². The van der Waals surface area contributed by atoms with Gasteiger partial charge in [0.25, 0.3) is 0 Å². The van der Waals surface area contributed by atoms with E-state index < -0.39 is 8.80 Å². The van der Waals surface area contributed by atoms with E-state index in [-0.39, 0.29) is 6.03 Å². The number of urea groups is 1. The lowest BCUT2D eigenvalue weighted by Crippen LogP contribution is -2.43. The minimum atomic E-state index is -2.49. The predicted octanol–water partition coefficient (Wildman–Crippen LogP) is 0.964. The standard InChI is InChI=1S/C10H24N2O4Si/c1-5-7-11-10(13)12-8-6-9-17(14-2,15-3)16-4/h5-9H2,1-4H3,(H2,11,12,13). The quantitative estimate of drug-likeness (QED) is 0.481. The maximum absolute atomic E-state index is 11.2. The Bertz CT molecular complexity index is 204. The Labute approximate surface area is 104 Å². The number of hydrogen-bond donors (Lipinski definition) is 2. The van der Waals surface area contributed by atoms with Crippen molar-refractivity contribution in [3.63, 3.8) is 0 Å². The van der Waals surface area contributed by atoms with Crippen LogP contribution in [0.4, 0.5) is 4.79 Å². The second-order valence-electron chi connectivity index (χ2n) is 3.58. The van der Waals surface area contributed by atoms with Crippen LogP contribution in [0, 0.1) is 0 Å². The van der Waals surface area contributed by atoms with Crippen LogP contribution in [0.3, 0.4) is 0 Å². The van der Waals surface area contributed by atoms with E-state index >= 15 is 0 Å². The summed E-state index contributed by atoms with van der Waals surface area (Å²) < 4.78 is 15.8. The maximum atomic E-state index is 11.2. The van der Waals surface area contributed by atoms with Gasteiger partial charge in [0.1, 0.15) is 0 Å². The molecule has 2 N–H and O–H groups in total. The van der Waals surface area contributed by atoms with Gasteiger partial charge in [0, 0.05) is 40.5 Å². The molecule has 17 heavy (non-hydrogen) atoms. The summed E-state index contributed by atoms with van der Waals surface area (Å²) in [5, 5.41) is 5.51. The van der Waals surface area contributed by atoms with E-state index in [2.05, 4.69) is 10.6 Å². The normalized spacial score (nSPS) is 11.3. The van der Waals surface area contributed by atoms with Gasteiger partial charge in [-0.05, 0) is 12.8 Å². The van der Waals surface area contributed by atoms with E-state index in [9.17, 15) is 4.79 Å². The summed E-state index contributed by atoms with van der Waals surface area (Å²) in [5.74, 6) is 0. The lowest BCUT2D eigenvalue weighted by Gasteiger charge is -2.24. The monoisotopic (exact) mass is 264 g/mol. The Morgan fingerprint density at radius 1 is 1.06 bits per heavy atom. The fraction of sp³-hybridized carbons (Fsp3) is 0.900. The maximum Gasteiger partial charge on any atom is 0.500 e. The van der Waals surface area contributed by atoms with Gasteiger partial charge in [0.2, 0.25) is 0 Å². The van der Waals surface area contributed by atoms with Gasteiger partial charge in [-0.3, -0.25) is 0 Å². The summed E-state index contributed by atoms with van der Waals surface area (Å²) in [4.78, 5) is 11.2. The molecule has 0 aliphatic carbocycles. The first kappa shape index (κ1) is 16.4. The van der Waals surface area contributed by atoms with Crippen molar-refractivity contribution in [3.05, 3.63) is 0 Å². The minimum absolute atomic E-state index is 0.133. The van der Waals surface area contributed by atoms with Crippen LogP contribution >= 0.6 is 0 Å². The predicted molar refractivity (Wildman–Crippen MR) is 67.9 cm³/mol. The van der Waals surface area contributed by atoms with Crippen LogP contribution in [0.5, 0.6) is 0 Å².